The number of nitrogens with one attached hydrogen (secondary N) is 1. The molecule has 2 amide bonds. The first-order valence-electron chi connectivity index (χ1n) is 8.23. The predicted molar refractivity (Wildman–Crippen MR) is 98.8 cm³/mol. The first-order valence-corrected chi connectivity index (χ1v) is 8.23. The van der Waals surface area contributed by atoms with Crippen molar-refractivity contribution in [3.63, 3.8) is 0 Å². The molecule has 1 N–H and O–H groups in total. The Bertz CT molecular complexity index is 726. The standard InChI is InChI=1S/C20H24N2O3/c1-15-6-4-5-7-19(15)21-20(24)14-22(16(2)23)13-12-17-8-10-18(25-3)11-9-17/h4-11H,12-14H2,1-3H3,(H,21,24). The van der Waals surface area contributed by atoms with Crippen LogP contribution in [-0.2, 0) is 16.0 Å². The molecule has 0 aromatic heterocycles. The van der Waals surface area contributed by atoms with Crippen LogP contribution in [0.5, 0.6) is 5.75 Å². The number of hydrogen-bond acceptors (Lipinski definition) is 3. The van der Waals surface area contributed by atoms with Crippen LogP contribution in [0.2, 0.25) is 0 Å². The Morgan fingerprint density at radius 3 is 2.36 bits per heavy atom. The quantitative estimate of drug-likeness (QED) is 0.843. The fourth-order valence-corrected chi connectivity index (χ4v) is 2.48. The highest BCUT2D eigenvalue weighted by molar-refractivity contribution is 5.94. The van der Waals surface area contributed by atoms with E-state index in [0.29, 0.717) is 13.0 Å². The van der Waals surface area contributed by atoms with Crippen molar-refractivity contribution >= 4 is 17.5 Å². The Labute approximate surface area is 148 Å². The van der Waals surface area contributed by atoms with Gasteiger partial charge in [-0.25, -0.2) is 0 Å². The SMILES string of the molecule is COc1ccc(CCN(CC(=O)Nc2ccccc2C)C(C)=O)cc1. The van der Waals surface area contributed by atoms with Crippen molar-refractivity contribution in [1.82, 2.24) is 4.90 Å². The third-order valence-electron chi connectivity index (χ3n) is 4.03. The number of aryl methyl sites for hydroxylation is 1. The van der Waals surface area contributed by atoms with Gasteiger partial charge in [0.1, 0.15) is 5.75 Å². The highest BCUT2D eigenvalue weighted by atomic mass is 16.5. The smallest absolute Gasteiger partial charge is 0.244 e. The third-order valence-corrected chi connectivity index (χ3v) is 4.03. The van der Waals surface area contributed by atoms with E-state index in [0.717, 1.165) is 22.6 Å². The molecule has 25 heavy (non-hydrogen) atoms. The van der Waals surface area contributed by atoms with Crippen molar-refractivity contribution in [2.45, 2.75) is 20.3 Å². The molecule has 0 saturated carbocycles. The highest BCUT2D eigenvalue weighted by Crippen LogP contribution is 2.14. The molecule has 5 heteroatoms. The largest absolute Gasteiger partial charge is 0.497 e. The summed E-state index contributed by atoms with van der Waals surface area (Å²) in [6, 6.07) is 15.3. The first-order chi connectivity index (χ1) is 12.0. The minimum atomic E-state index is -0.195. The number of hydrogen-bond donors (Lipinski definition) is 1. The maximum Gasteiger partial charge on any atom is 0.244 e. The molecule has 0 bridgehead atoms. The second-order valence-electron chi connectivity index (χ2n) is 5.90. The van der Waals surface area contributed by atoms with Gasteiger partial charge >= 0.3 is 0 Å². The molecule has 0 spiro atoms. The molecule has 2 aromatic rings. The maximum atomic E-state index is 12.3. The van der Waals surface area contributed by atoms with E-state index in [2.05, 4.69) is 5.32 Å². The zero-order valence-corrected chi connectivity index (χ0v) is 14.9. The van der Waals surface area contributed by atoms with Crippen molar-refractivity contribution in [2.75, 3.05) is 25.5 Å². The number of amides is 2. The zero-order valence-electron chi connectivity index (χ0n) is 14.9. The Morgan fingerprint density at radius 2 is 1.76 bits per heavy atom. The van der Waals surface area contributed by atoms with Gasteiger partial charge in [0.05, 0.1) is 13.7 Å². The Balaban J connectivity index is 1.92. The minimum absolute atomic E-state index is 0.0415. The van der Waals surface area contributed by atoms with Crippen LogP contribution in [0.25, 0.3) is 0 Å². The van der Waals surface area contributed by atoms with E-state index in [1.54, 1.807) is 12.0 Å². The number of nitrogens with zero attached hydrogens (tertiary/aromatic N) is 1. The van der Waals surface area contributed by atoms with E-state index >= 15 is 0 Å². The molecule has 0 fully saturated rings. The van der Waals surface area contributed by atoms with Gasteiger partial charge in [0, 0.05) is 19.2 Å². The van der Waals surface area contributed by atoms with Crippen molar-refractivity contribution in [2.24, 2.45) is 0 Å². The molecule has 0 aliphatic carbocycles. The van der Waals surface area contributed by atoms with Crippen molar-refractivity contribution in [1.29, 1.82) is 0 Å². The van der Waals surface area contributed by atoms with Crippen molar-refractivity contribution < 1.29 is 14.3 Å². The number of methoxy groups -OCH3 is 1. The number of carbonyl (C=O) groups is 2. The lowest BCUT2D eigenvalue weighted by Crippen LogP contribution is -2.38. The van der Waals surface area contributed by atoms with Gasteiger partial charge in [-0.2, -0.15) is 0 Å². The van der Waals surface area contributed by atoms with E-state index < -0.39 is 0 Å². The molecule has 0 radical (unpaired) electrons. The summed E-state index contributed by atoms with van der Waals surface area (Å²) < 4.78 is 5.13. The van der Waals surface area contributed by atoms with Crippen LogP contribution >= 0.6 is 0 Å². The average molecular weight is 340 g/mol. The Hall–Kier alpha value is -2.82. The molecule has 0 unspecified atom stereocenters. The van der Waals surface area contributed by atoms with Crippen molar-refractivity contribution in [3.05, 3.63) is 59.7 Å². The van der Waals surface area contributed by atoms with Crippen LogP contribution in [0.3, 0.4) is 0 Å². The number of benzene rings is 2. The Kier molecular flexibility index (Phi) is 6.57. The van der Waals surface area contributed by atoms with Gasteiger partial charge in [-0.3, -0.25) is 9.59 Å². The lowest BCUT2D eigenvalue weighted by atomic mass is 10.1. The normalized spacial score (nSPS) is 10.2. The fourth-order valence-electron chi connectivity index (χ4n) is 2.48. The summed E-state index contributed by atoms with van der Waals surface area (Å²) in [5.74, 6) is 0.484. The van der Waals surface area contributed by atoms with E-state index in [1.165, 1.54) is 6.92 Å². The summed E-state index contributed by atoms with van der Waals surface area (Å²) in [6.07, 6.45) is 0.682. The average Bonchev–Trinajstić information content (AvgIpc) is 2.60. The lowest BCUT2D eigenvalue weighted by Gasteiger charge is -2.21. The minimum Gasteiger partial charge on any atom is -0.497 e. The number of carbonyl (C=O) groups excluding carboxylic acids is 2. The van der Waals surface area contributed by atoms with Gasteiger partial charge in [-0.15, -0.1) is 0 Å². The molecular weight excluding hydrogens is 316 g/mol. The molecule has 0 atom stereocenters. The summed E-state index contributed by atoms with van der Waals surface area (Å²) >= 11 is 0. The first kappa shape index (κ1) is 18.5. The highest BCUT2D eigenvalue weighted by Gasteiger charge is 2.14. The molecular formula is C20H24N2O3. The van der Waals surface area contributed by atoms with Crippen LogP contribution in [-0.4, -0.2) is 36.9 Å². The molecule has 2 rings (SSSR count). The van der Waals surface area contributed by atoms with Gasteiger partial charge in [-0.1, -0.05) is 30.3 Å². The Morgan fingerprint density at radius 1 is 1.08 bits per heavy atom. The second kappa shape index (κ2) is 8.87. The predicted octanol–water partition coefficient (Wildman–Crippen LogP) is 3.03. The van der Waals surface area contributed by atoms with Gasteiger partial charge in [0.15, 0.2) is 0 Å². The topological polar surface area (TPSA) is 58.6 Å². The fraction of sp³-hybridized carbons (Fsp3) is 0.300. The van der Waals surface area contributed by atoms with E-state index in [9.17, 15) is 9.59 Å². The van der Waals surface area contributed by atoms with Crippen LogP contribution in [0.1, 0.15) is 18.1 Å². The van der Waals surface area contributed by atoms with Gasteiger partial charge < -0.3 is 15.0 Å². The van der Waals surface area contributed by atoms with E-state index in [-0.39, 0.29) is 18.4 Å². The molecule has 0 aliphatic rings. The number of rotatable bonds is 7. The number of anilines is 1. The van der Waals surface area contributed by atoms with Gasteiger partial charge in [-0.05, 0) is 42.7 Å². The molecule has 0 heterocycles. The summed E-state index contributed by atoms with van der Waals surface area (Å²) in [7, 11) is 1.62. The summed E-state index contributed by atoms with van der Waals surface area (Å²) in [4.78, 5) is 25.7. The zero-order chi connectivity index (χ0) is 18.2. The van der Waals surface area contributed by atoms with E-state index in [4.69, 9.17) is 4.74 Å². The van der Waals surface area contributed by atoms with Gasteiger partial charge in [0.2, 0.25) is 11.8 Å². The third kappa shape index (κ3) is 5.64. The van der Waals surface area contributed by atoms with Gasteiger partial charge in [0.25, 0.3) is 0 Å². The van der Waals surface area contributed by atoms with Crippen LogP contribution in [0, 0.1) is 6.92 Å². The van der Waals surface area contributed by atoms with E-state index in [1.807, 2.05) is 55.5 Å². The molecule has 2 aromatic carbocycles. The summed E-state index contributed by atoms with van der Waals surface area (Å²) in [6.45, 7) is 3.94. The lowest BCUT2D eigenvalue weighted by molar-refractivity contribution is -0.132. The summed E-state index contributed by atoms with van der Waals surface area (Å²) in [5.41, 5.74) is 2.85. The monoisotopic (exact) mass is 340 g/mol. The van der Waals surface area contributed by atoms with Crippen LogP contribution in [0.15, 0.2) is 48.5 Å². The van der Waals surface area contributed by atoms with Crippen LogP contribution < -0.4 is 10.1 Å². The molecule has 132 valence electrons. The second-order valence-corrected chi connectivity index (χ2v) is 5.90. The molecule has 5 nitrogen and oxygen atoms in total. The summed E-state index contributed by atoms with van der Waals surface area (Å²) in [5, 5.41) is 2.86. The van der Waals surface area contributed by atoms with Crippen LogP contribution in [0.4, 0.5) is 5.69 Å². The van der Waals surface area contributed by atoms with Crippen molar-refractivity contribution in [3.8, 4) is 5.75 Å². The molecule has 0 saturated heterocycles. The number of para-hydroxylation sites is 1. The molecule has 0 aliphatic heterocycles. The maximum absolute atomic E-state index is 12.3. The number of ether oxygens (including phenoxy) is 1.